The lowest BCUT2D eigenvalue weighted by Gasteiger charge is -2.20. The van der Waals surface area contributed by atoms with Crippen LogP contribution in [0.15, 0.2) is 77.7 Å². The number of halogens is 1. The van der Waals surface area contributed by atoms with Gasteiger partial charge in [0.25, 0.3) is 10.0 Å². The van der Waals surface area contributed by atoms with Crippen molar-refractivity contribution in [3.05, 3.63) is 78.6 Å². The molecule has 10 heteroatoms. The van der Waals surface area contributed by atoms with Crippen LogP contribution in [0, 0.1) is 5.82 Å². The first-order chi connectivity index (χ1) is 15.8. The van der Waals surface area contributed by atoms with E-state index < -0.39 is 22.1 Å². The van der Waals surface area contributed by atoms with Crippen molar-refractivity contribution in [2.45, 2.75) is 4.90 Å². The SMILES string of the molecule is CN(c1ccc(NC(=O)N2CCNC2=O)cc1)S(=O)(=O)c1cccc(-c2ccc(F)cc2)c1. The maximum atomic E-state index is 13.2. The summed E-state index contributed by atoms with van der Waals surface area (Å²) in [6, 6.07) is 17.4. The standard InChI is InChI=1S/C23H21FN4O4S/c1-27(20-11-9-19(10-12-20)26-23(30)28-14-13-25-22(28)29)33(31,32)21-4-2-3-17(15-21)16-5-7-18(24)8-6-16/h2-12,15H,13-14H2,1H3,(H,25,29)(H,26,30). The minimum atomic E-state index is -3.88. The van der Waals surface area contributed by atoms with Gasteiger partial charge in [-0.2, -0.15) is 0 Å². The van der Waals surface area contributed by atoms with Crippen LogP contribution >= 0.6 is 0 Å². The number of imide groups is 1. The Hall–Kier alpha value is -3.92. The van der Waals surface area contributed by atoms with Crippen molar-refractivity contribution in [3.63, 3.8) is 0 Å². The second kappa shape index (κ2) is 8.91. The van der Waals surface area contributed by atoms with Gasteiger partial charge in [-0.25, -0.2) is 27.3 Å². The zero-order valence-electron chi connectivity index (χ0n) is 17.7. The van der Waals surface area contributed by atoms with Crippen LogP contribution in [-0.4, -0.2) is 45.5 Å². The van der Waals surface area contributed by atoms with Gasteiger partial charge in [-0.1, -0.05) is 24.3 Å². The van der Waals surface area contributed by atoms with Gasteiger partial charge in [0, 0.05) is 25.8 Å². The zero-order chi connectivity index (χ0) is 23.6. The molecule has 170 valence electrons. The Morgan fingerprint density at radius 3 is 2.36 bits per heavy atom. The Morgan fingerprint density at radius 2 is 1.73 bits per heavy atom. The molecule has 1 aliphatic rings. The van der Waals surface area contributed by atoms with E-state index in [1.54, 1.807) is 48.5 Å². The number of benzene rings is 3. The molecule has 0 aromatic heterocycles. The monoisotopic (exact) mass is 468 g/mol. The molecule has 0 saturated carbocycles. The lowest BCUT2D eigenvalue weighted by molar-refractivity contribution is 0.207. The highest BCUT2D eigenvalue weighted by atomic mass is 32.2. The number of amides is 4. The summed E-state index contributed by atoms with van der Waals surface area (Å²) in [4.78, 5) is 24.9. The molecule has 0 radical (unpaired) electrons. The lowest BCUT2D eigenvalue weighted by atomic mass is 10.1. The Bertz CT molecular complexity index is 1290. The molecule has 1 fully saturated rings. The van der Waals surface area contributed by atoms with Crippen LogP contribution in [0.4, 0.5) is 25.4 Å². The molecule has 4 amide bonds. The predicted octanol–water partition coefficient (Wildman–Crippen LogP) is 3.87. The second-order valence-corrected chi connectivity index (χ2v) is 9.34. The summed E-state index contributed by atoms with van der Waals surface area (Å²) in [6.45, 7) is 0.678. The van der Waals surface area contributed by atoms with Crippen LogP contribution in [0.1, 0.15) is 0 Å². The van der Waals surface area contributed by atoms with E-state index in [-0.39, 0.29) is 17.3 Å². The number of carbonyl (C=O) groups excluding carboxylic acids is 2. The highest BCUT2D eigenvalue weighted by Gasteiger charge is 2.26. The third-order valence-electron chi connectivity index (χ3n) is 5.25. The third-order valence-corrected chi connectivity index (χ3v) is 7.04. The van der Waals surface area contributed by atoms with Gasteiger partial charge >= 0.3 is 12.1 Å². The second-order valence-electron chi connectivity index (χ2n) is 7.37. The number of carbonyl (C=O) groups is 2. The largest absolute Gasteiger partial charge is 0.336 e. The summed E-state index contributed by atoms with van der Waals surface area (Å²) in [5, 5.41) is 5.16. The summed E-state index contributed by atoms with van der Waals surface area (Å²) < 4.78 is 40.7. The van der Waals surface area contributed by atoms with Crippen molar-refractivity contribution in [3.8, 4) is 11.1 Å². The van der Waals surface area contributed by atoms with E-state index in [0.717, 1.165) is 9.21 Å². The van der Waals surface area contributed by atoms with Crippen molar-refractivity contribution < 1.29 is 22.4 Å². The predicted molar refractivity (Wildman–Crippen MR) is 123 cm³/mol. The minimum absolute atomic E-state index is 0.0873. The molecule has 4 rings (SSSR count). The number of anilines is 2. The van der Waals surface area contributed by atoms with Gasteiger partial charge in [0.05, 0.1) is 10.6 Å². The molecule has 3 aromatic carbocycles. The van der Waals surface area contributed by atoms with E-state index in [1.807, 2.05) is 0 Å². The van der Waals surface area contributed by atoms with Gasteiger partial charge in [0.2, 0.25) is 0 Å². The molecule has 3 aromatic rings. The number of hydrogen-bond donors (Lipinski definition) is 2. The van der Waals surface area contributed by atoms with Gasteiger partial charge in [-0.3, -0.25) is 4.31 Å². The highest BCUT2D eigenvalue weighted by molar-refractivity contribution is 7.92. The first-order valence-corrected chi connectivity index (χ1v) is 11.5. The molecule has 0 spiro atoms. The molecule has 0 unspecified atom stereocenters. The van der Waals surface area contributed by atoms with Gasteiger partial charge in [-0.15, -0.1) is 0 Å². The fraction of sp³-hybridized carbons (Fsp3) is 0.130. The molecule has 1 saturated heterocycles. The van der Waals surface area contributed by atoms with Gasteiger partial charge in [0.15, 0.2) is 0 Å². The summed E-state index contributed by atoms with van der Waals surface area (Å²) in [5.41, 5.74) is 2.16. The Balaban J connectivity index is 1.52. The van der Waals surface area contributed by atoms with Crippen LogP contribution < -0.4 is 14.9 Å². The Morgan fingerprint density at radius 1 is 1.03 bits per heavy atom. The summed E-state index contributed by atoms with van der Waals surface area (Å²) in [7, 11) is -2.44. The van der Waals surface area contributed by atoms with E-state index in [1.165, 1.54) is 31.3 Å². The Labute approximate surface area is 190 Å². The minimum Gasteiger partial charge on any atom is -0.336 e. The van der Waals surface area contributed by atoms with E-state index >= 15 is 0 Å². The molecule has 1 aliphatic heterocycles. The molecular formula is C23H21FN4O4S. The highest BCUT2D eigenvalue weighted by Crippen LogP contribution is 2.27. The topological polar surface area (TPSA) is 98.8 Å². The number of hydrogen-bond acceptors (Lipinski definition) is 4. The molecule has 0 atom stereocenters. The molecule has 0 bridgehead atoms. The number of rotatable bonds is 5. The fourth-order valence-electron chi connectivity index (χ4n) is 3.39. The first kappa shape index (κ1) is 22.3. The maximum absolute atomic E-state index is 13.2. The van der Waals surface area contributed by atoms with Crippen LogP contribution in [0.3, 0.4) is 0 Å². The van der Waals surface area contributed by atoms with Gasteiger partial charge in [0.1, 0.15) is 5.82 Å². The van der Waals surface area contributed by atoms with Crippen LogP contribution in [-0.2, 0) is 10.0 Å². The van der Waals surface area contributed by atoms with Crippen molar-refractivity contribution in [2.24, 2.45) is 0 Å². The number of nitrogens with one attached hydrogen (secondary N) is 2. The van der Waals surface area contributed by atoms with Crippen LogP contribution in [0.2, 0.25) is 0 Å². The summed E-state index contributed by atoms with van der Waals surface area (Å²) in [6.07, 6.45) is 0. The smallest absolute Gasteiger partial charge is 0.330 e. The maximum Gasteiger partial charge on any atom is 0.330 e. The first-order valence-electron chi connectivity index (χ1n) is 10.1. The Kier molecular flexibility index (Phi) is 6.01. The fourth-order valence-corrected chi connectivity index (χ4v) is 4.63. The average Bonchev–Trinajstić information content (AvgIpc) is 3.25. The summed E-state index contributed by atoms with van der Waals surface area (Å²) in [5.74, 6) is -0.370. The van der Waals surface area contributed by atoms with Gasteiger partial charge in [-0.05, 0) is 59.7 Å². The number of urea groups is 2. The normalized spacial score (nSPS) is 13.5. The van der Waals surface area contributed by atoms with Crippen molar-refractivity contribution in [2.75, 3.05) is 29.8 Å². The zero-order valence-corrected chi connectivity index (χ0v) is 18.5. The molecule has 8 nitrogen and oxygen atoms in total. The van der Waals surface area contributed by atoms with E-state index in [9.17, 15) is 22.4 Å². The van der Waals surface area contributed by atoms with Crippen molar-refractivity contribution in [1.82, 2.24) is 10.2 Å². The molecule has 2 N–H and O–H groups in total. The van der Waals surface area contributed by atoms with Crippen LogP contribution in [0.25, 0.3) is 11.1 Å². The third kappa shape index (κ3) is 4.65. The number of nitrogens with zero attached hydrogens (tertiary/aromatic N) is 2. The molecule has 33 heavy (non-hydrogen) atoms. The van der Waals surface area contributed by atoms with Crippen molar-refractivity contribution >= 4 is 33.5 Å². The molecule has 0 aliphatic carbocycles. The van der Waals surface area contributed by atoms with E-state index in [0.29, 0.717) is 29.0 Å². The molecule has 1 heterocycles. The van der Waals surface area contributed by atoms with Crippen LogP contribution in [0.5, 0.6) is 0 Å². The van der Waals surface area contributed by atoms with Gasteiger partial charge < -0.3 is 10.6 Å². The summed E-state index contributed by atoms with van der Waals surface area (Å²) >= 11 is 0. The molecular weight excluding hydrogens is 447 g/mol. The average molecular weight is 469 g/mol. The quantitative estimate of drug-likeness (QED) is 0.594. The van der Waals surface area contributed by atoms with Crippen molar-refractivity contribution in [1.29, 1.82) is 0 Å². The lowest BCUT2D eigenvalue weighted by Crippen LogP contribution is -2.37. The van der Waals surface area contributed by atoms with E-state index in [2.05, 4.69) is 10.6 Å². The number of sulfonamides is 1. The van der Waals surface area contributed by atoms with E-state index in [4.69, 9.17) is 0 Å².